The maximum Gasteiger partial charge on any atom is 0.417 e. The van der Waals surface area contributed by atoms with Gasteiger partial charge in [-0.2, -0.15) is 0 Å². The first-order chi connectivity index (χ1) is 14.7. The van der Waals surface area contributed by atoms with Crippen LogP contribution in [0.5, 0.6) is 0 Å². The number of hydrogen-bond donors (Lipinski definition) is 1. The van der Waals surface area contributed by atoms with Crippen molar-refractivity contribution in [2.45, 2.75) is 50.2 Å². The smallest absolute Gasteiger partial charge is 0.408 e. The Morgan fingerprint density at radius 2 is 1.87 bits per heavy atom. The van der Waals surface area contributed by atoms with Crippen LogP contribution in [-0.2, 0) is 4.84 Å². The summed E-state index contributed by atoms with van der Waals surface area (Å²) in [6, 6.07) is 17.2. The van der Waals surface area contributed by atoms with Gasteiger partial charge in [0, 0.05) is 24.6 Å². The lowest BCUT2D eigenvalue weighted by atomic mass is 9.81. The maximum absolute atomic E-state index is 11.4. The van der Waals surface area contributed by atoms with Gasteiger partial charge in [0.1, 0.15) is 6.10 Å². The normalized spacial score (nSPS) is 23.4. The molecule has 7 heteroatoms. The van der Waals surface area contributed by atoms with Crippen LogP contribution in [-0.4, -0.2) is 41.3 Å². The van der Waals surface area contributed by atoms with E-state index in [-0.39, 0.29) is 18.5 Å². The molecule has 1 aliphatic heterocycles. The lowest BCUT2D eigenvalue weighted by molar-refractivity contribution is 0.0418. The molecule has 1 aliphatic carbocycles. The molecule has 164 valence electrons. The van der Waals surface area contributed by atoms with E-state index in [0.717, 1.165) is 24.2 Å². The van der Waals surface area contributed by atoms with Gasteiger partial charge in [-0.05, 0) is 56.3 Å². The highest BCUT2D eigenvalue weighted by Gasteiger charge is 2.29. The maximum atomic E-state index is 11.4. The first-order valence-corrected chi connectivity index (χ1v) is 10.8. The number of halogens is 1. The molecule has 1 aromatic heterocycles. The zero-order valence-electron chi connectivity index (χ0n) is 17.6. The second-order valence-electron chi connectivity index (χ2n) is 8.55. The van der Waals surface area contributed by atoms with Gasteiger partial charge in [-0.25, -0.2) is 4.79 Å². The summed E-state index contributed by atoms with van der Waals surface area (Å²) in [5.74, 6) is 0.255. The molecule has 6 nitrogen and oxygen atoms in total. The fourth-order valence-electron chi connectivity index (χ4n) is 4.87. The predicted molar refractivity (Wildman–Crippen MR) is 124 cm³/mol. The second-order valence-corrected chi connectivity index (χ2v) is 8.55. The third-order valence-corrected chi connectivity index (χ3v) is 6.57. The van der Waals surface area contributed by atoms with E-state index in [1.54, 1.807) is 0 Å². The number of oxazole rings is 1. The molecule has 0 radical (unpaired) electrons. The summed E-state index contributed by atoms with van der Waals surface area (Å²) >= 11 is 0. The van der Waals surface area contributed by atoms with Crippen LogP contribution >= 0.6 is 12.4 Å². The van der Waals surface area contributed by atoms with Crippen LogP contribution in [0.1, 0.15) is 49.1 Å². The van der Waals surface area contributed by atoms with Crippen LogP contribution in [0.2, 0.25) is 0 Å². The molecular weight excluding hydrogens is 414 g/mol. The van der Waals surface area contributed by atoms with Crippen molar-refractivity contribution in [1.82, 2.24) is 9.88 Å². The van der Waals surface area contributed by atoms with Gasteiger partial charge in [-0.1, -0.05) is 41.6 Å². The number of likely N-dealkylation sites (N-methyl/N-ethyl adjacent to an activating group) is 1. The van der Waals surface area contributed by atoms with Gasteiger partial charge in [0.05, 0.1) is 11.2 Å². The predicted octanol–water partition coefficient (Wildman–Crippen LogP) is 4.69. The Hall–Kier alpha value is -2.57. The van der Waals surface area contributed by atoms with Crippen molar-refractivity contribution in [3.05, 3.63) is 70.2 Å². The number of nitrogens with zero attached hydrogens (tertiary/aromatic N) is 2. The molecule has 2 aromatic carbocycles. The highest BCUT2D eigenvalue weighted by Crippen LogP contribution is 2.34. The number of fused-ring (bicyclic) bond motifs is 1. The molecule has 1 fully saturated rings. The van der Waals surface area contributed by atoms with Gasteiger partial charge < -0.3 is 9.25 Å². The summed E-state index contributed by atoms with van der Waals surface area (Å²) in [6.45, 7) is 0.870. The number of H-pyrrole nitrogens is 1. The molecule has 2 heterocycles. The summed E-state index contributed by atoms with van der Waals surface area (Å²) in [4.78, 5) is 22.2. The average molecular weight is 442 g/mol. The summed E-state index contributed by atoms with van der Waals surface area (Å²) in [7, 11) is 2.20. The molecular formula is C24H28ClN3O3. The standard InChI is InChI=1S/C24H27N3O3.ClH/c1-27(19-10-7-17(8-11-19)16-5-3-2-4-6-16)15-20-14-22(26-30-20)18-9-12-21-23(13-18)29-24(28)25-21;/h2-6,9,12-13,17,19-20H,7-8,10-11,14-15H2,1H3,(H,25,28);1H/t17-,19-,20?;. The van der Waals surface area contributed by atoms with Crippen LogP contribution in [0, 0.1) is 0 Å². The second kappa shape index (κ2) is 9.28. The third kappa shape index (κ3) is 4.70. The Morgan fingerprint density at radius 3 is 2.65 bits per heavy atom. The molecule has 0 saturated heterocycles. The van der Waals surface area contributed by atoms with Gasteiger partial charge >= 0.3 is 5.76 Å². The van der Waals surface area contributed by atoms with Gasteiger partial charge in [-0.3, -0.25) is 9.88 Å². The largest absolute Gasteiger partial charge is 0.417 e. The highest BCUT2D eigenvalue weighted by molar-refractivity contribution is 6.03. The molecule has 1 unspecified atom stereocenters. The number of oxime groups is 1. The van der Waals surface area contributed by atoms with Crippen LogP contribution < -0.4 is 5.76 Å². The molecule has 1 N–H and O–H groups in total. The van der Waals surface area contributed by atoms with Crippen molar-refractivity contribution < 1.29 is 9.25 Å². The van der Waals surface area contributed by atoms with E-state index < -0.39 is 5.76 Å². The van der Waals surface area contributed by atoms with E-state index in [1.807, 2.05) is 18.2 Å². The summed E-state index contributed by atoms with van der Waals surface area (Å²) in [5.41, 5.74) is 4.58. The van der Waals surface area contributed by atoms with Crippen LogP contribution in [0.25, 0.3) is 11.1 Å². The highest BCUT2D eigenvalue weighted by atomic mass is 35.5. The number of nitrogens with one attached hydrogen (secondary N) is 1. The minimum Gasteiger partial charge on any atom is -0.408 e. The Bertz CT molecular complexity index is 1100. The van der Waals surface area contributed by atoms with E-state index in [0.29, 0.717) is 23.1 Å². The van der Waals surface area contributed by atoms with E-state index >= 15 is 0 Å². The van der Waals surface area contributed by atoms with E-state index in [1.165, 1.54) is 31.2 Å². The lowest BCUT2D eigenvalue weighted by Gasteiger charge is -2.35. The van der Waals surface area contributed by atoms with Crippen molar-refractivity contribution in [1.29, 1.82) is 0 Å². The summed E-state index contributed by atoms with van der Waals surface area (Å²) in [6.07, 6.45) is 5.76. The van der Waals surface area contributed by atoms with Crippen molar-refractivity contribution >= 4 is 29.2 Å². The zero-order valence-corrected chi connectivity index (χ0v) is 18.4. The fourth-order valence-corrected chi connectivity index (χ4v) is 4.87. The van der Waals surface area contributed by atoms with Gasteiger partial charge in [-0.15, -0.1) is 12.4 Å². The van der Waals surface area contributed by atoms with Crippen molar-refractivity contribution in [3.63, 3.8) is 0 Å². The molecule has 1 atom stereocenters. The topological polar surface area (TPSA) is 70.8 Å². The Balaban J connectivity index is 0.00000231. The fraction of sp³-hybridized carbons (Fsp3) is 0.417. The van der Waals surface area contributed by atoms with Crippen molar-refractivity contribution in [2.24, 2.45) is 5.16 Å². The van der Waals surface area contributed by atoms with E-state index in [9.17, 15) is 4.79 Å². The molecule has 1 saturated carbocycles. The molecule has 5 rings (SSSR count). The summed E-state index contributed by atoms with van der Waals surface area (Å²) < 4.78 is 5.16. The first kappa shape index (κ1) is 21.7. The summed E-state index contributed by atoms with van der Waals surface area (Å²) in [5, 5.41) is 4.31. The molecule has 0 spiro atoms. The number of hydrogen-bond acceptors (Lipinski definition) is 5. The van der Waals surface area contributed by atoms with Gasteiger partial charge in [0.2, 0.25) is 0 Å². The number of benzene rings is 2. The SMILES string of the molecule is CN(CC1CC(c2ccc3[nH]c(=O)oc3c2)=NO1)[C@H]1CC[C@H](c2ccccc2)CC1.Cl. The monoisotopic (exact) mass is 441 g/mol. The minimum atomic E-state index is -0.437. The molecule has 2 aliphatic rings. The Labute approximate surface area is 187 Å². The molecule has 0 bridgehead atoms. The third-order valence-electron chi connectivity index (χ3n) is 6.57. The first-order valence-electron chi connectivity index (χ1n) is 10.8. The molecule has 31 heavy (non-hydrogen) atoms. The van der Waals surface area contributed by atoms with Crippen LogP contribution in [0.15, 0.2) is 62.9 Å². The number of aromatic nitrogens is 1. The van der Waals surface area contributed by atoms with E-state index in [2.05, 4.69) is 52.4 Å². The Morgan fingerprint density at radius 1 is 1.10 bits per heavy atom. The number of aromatic amines is 1. The van der Waals surface area contributed by atoms with Crippen molar-refractivity contribution in [2.75, 3.05) is 13.6 Å². The van der Waals surface area contributed by atoms with Crippen LogP contribution in [0.3, 0.4) is 0 Å². The van der Waals surface area contributed by atoms with Crippen molar-refractivity contribution in [3.8, 4) is 0 Å². The van der Waals surface area contributed by atoms with Gasteiger partial charge in [0.25, 0.3) is 0 Å². The Kier molecular flexibility index (Phi) is 6.49. The number of rotatable bonds is 5. The van der Waals surface area contributed by atoms with Gasteiger partial charge in [0.15, 0.2) is 5.58 Å². The molecule has 3 aromatic rings. The average Bonchev–Trinajstić information content (AvgIpc) is 3.39. The quantitative estimate of drug-likeness (QED) is 0.623. The van der Waals surface area contributed by atoms with Crippen LogP contribution in [0.4, 0.5) is 0 Å². The molecule has 0 amide bonds. The minimum absolute atomic E-state index is 0. The van der Waals surface area contributed by atoms with E-state index in [4.69, 9.17) is 9.25 Å². The lowest BCUT2D eigenvalue weighted by Crippen LogP contribution is -2.39. The zero-order chi connectivity index (χ0) is 20.5.